The number of fused-ring (bicyclic) bond motifs is 6. The van der Waals surface area contributed by atoms with E-state index in [0.717, 1.165) is 11.1 Å². The van der Waals surface area contributed by atoms with Crippen LogP contribution in [0.3, 0.4) is 0 Å². The Morgan fingerprint density at radius 3 is 0.651 bits per heavy atom. The molecule has 0 aliphatic heterocycles. The third-order valence-corrected chi connectivity index (χ3v) is 20.0. The summed E-state index contributed by atoms with van der Waals surface area (Å²) in [6, 6.07) is 69.1. The molecule has 0 saturated heterocycles. The second-order valence-electron chi connectivity index (χ2n) is 25.8. The molecule has 442 valence electrons. The molecule has 10 rings (SSSR count). The van der Waals surface area contributed by atoms with Crippen molar-refractivity contribution in [1.82, 2.24) is 0 Å². The molecule has 2 heteroatoms. The third-order valence-electron chi connectivity index (χ3n) is 20.0. The molecule has 0 atom stereocenters. The average Bonchev–Trinajstić information content (AvgIpc) is 1.72. The van der Waals surface area contributed by atoms with Gasteiger partial charge >= 0.3 is 0 Å². The lowest BCUT2D eigenvalue weighted by molar-refractivity contribution is 0.397. The van der Waals surface area contributed by atoms with Crippen LogP contribution in [0.15, 0.2) is 170 Å². The Labute approximate surface area is 519 Å². The molecular weight excluding hydrogens is 1040 g/mol. The van der Waals surface area contributed by atoms with Crippen LogP contribution in [0.4, 0.5) is 0 Å². The van der Waals surface area contributed by atoms with E-state index in [2.05, 4.69) is 185 Å². The van der Waals surface area contributed by atoms with Gasteiger partial charge in [0.2, 0.25) is 0 Å². The van der Waals surface area contributed by atoms with Gasteiger partial charge in [0.25, 0.3) is 0 Å². The van der Waals surface area contributed by atoms with Crippen molar-refractivity contribution in [2.24, 2.45) is 0 Å². The Balaban J connectivity index is 1.05. The Hall–Kier alpha value is -7.26. The van der Waals surface area contributed by atoms with Crippen molar-refractivity contribution in [3.05, 3.63) is 203 Å². The number of benzene rings is 8. The summed E-state index contributed by atoms with van der Waals surface area (Å²) in [5.74, 6) is 0. The van der Waals surface area contributed by atoms with Gasteiger partial charge in [-0.1, -0.05) is 303 Å². The highest BCUT2D eigenvalue weighted by molar-refractivity contribution is 5.89. The highest BCUT2D eigenvalue weighted by Crippen LogP contribution is 2.58. The molecule has 8 aromatic rings. The predicted molar refractivity (Wildman–Crippen MR) is 367 cm³/mol. The zero-order chi connectivity index (χ0) is 59.6. The molecule has 0 aromatic heterocycles. The molecule has 0 saturated carbocycles. The van der Waals surface area contributed by atoms with E-state index in [9.17, 15) is 10.5 Å². The zero-order valence-corrected chi connectivity index (χ0v) is 52.9. The van der Waals surface area contributed by atoms with Crippen molar-refractivity contribution in [2.45, 2.75) is 218 Å². The maximum absolute atomic E-state index is 9.46. The number of nitriles is 2. The van der Waals surface area contributed by atoms with E-state index >= 15 is 0 Å². The molecule has 2 aliphatic rings. The fraction of sp³-hybridized carbons (Fsp3) is 0.405. The highest BCUT2D eigenvalue weighted by atomic mass is 14.5. The fourth-order valence-corrected chi connectivity index (χ4v) is 15.0. The van der Waals surface area contributed by atoms with Crippen molar-refractivity contribution in [3.8, 4) is 90.0 Å². The van der Waals surface area contributed by atoms with Gasteiger partial charge in [0.1, 0.15) is 0 Å². The average molecular weight is 1130 g/mol. The normalized spacial score (nSPS) is 13.2. The number of hydrogen-bond donors (Lipinski definition) is 0. The van der Waals surface area contributed by atoms with Crippen molar-refractivity contribution >= 4 is 0 Å². The molecule has 0 fully saturated rings. The summed E-state index contributed by atoms with van der Waals surface area (Å²) < 4.78 is 0. The van der Waals surface area contributed by atoms with Crippen LogP contribution >= 0.6 is 0 Å². The van der Waals surface area contributed by atoms with Gasteiger partial charge in [-0.25, -0.2) is 0 Å². The molecule has 0 unspecified atom stereocenters. The first-order valence-electron chi connectivity index (χ1n) is 34.2. The summed E-state index contributed by atoms with van der Waals surface area (Å²) in [5.41, 5.74) is 25.6. The van der Waals surface area contributed by atoms with Gasteiger partial charge in [-0.2, -0.15) is 10.5 Å². The van der Waals surface area contributed by atoms with Gasteiger partial charge < -0.3 is 0 Å². The van der Waals surface area contributed by atoms with Gasteiger partial charge in [-0.05, 0) is 174 Å². The van der Waals surface area contributed by atoms with Crippen LogP contribution in [0.1, 0.15) is 241 Å². The molecule has 0 bridgehead atoms. The predicted octanol–water partition coefficient (Wildman–Crippen LogP) is 25.3. The van der Waals surface area contributed by atoms with E-state index < -0.39 is 0 Å². The SMILES string of the molecule is CCCCCCCCC1(CCCCCCCC)c2cc(-c3ccc(-c4ccc(C#N)cc4)cc3)ccc2-c2ccc(-c3ccc4c(c3)C(CCCCCCCC)(CCCCCCCC)c3cc(-c5ccc(-c6ccc(C#N)cc6)cc5)ccc3-4)cc21. The van der Waals surface area contributed by atoms with E-state index in [0.29, 0.717) is 11.1 Å². The Bertz CT molecular complexity index is 3270. The van der Waals surface area contributed by atoms with Crippen molar-refractivity contribution < 1.29 is 0 Å². The van der Waals surface area contributed by atoms with Gasteiger partial charge in [0.05, 0.1) is 23.3 Å². The van der Waals surface area contributed by atoms with Gasteiger partial charge in [-0.15, -0.1) is 0 Å². The molecule has 0 amide bonds. The third kappa shape index (κ3) is 14.1. The number of hydrogen-bond acceptors (Lipinski definition) is 2. The molecule has 0 heterocycles. The zero-order valence-electron chi connectivity index (χ0n) is 52.9. The Morgan fingerprint density at radius 1 is 0.233 bits per heavy atom. The first-order valence-corrected chi connectivity index (χ1v) is 34.2. The minimum absolute atomic E-state index is 0.0719. The highest BCUT2D eigenvalue weighted by Gasteiger charge is 2.45. The van der Waals surface area contributed by atoms with Gasteiger partial charge in [0.15, 0.2) is 0 Å². The summed E-state index contributed by atoms with van der Waals surface area (Å²) >= 11 is 0. The lowest BCUT2D eigenvalue weighted by Gasteiger charge is -2.34. The summed E-state index contributed by atoms with van der Waals surface area (Å²) in [6.07, 6.45) is 35.8. The summed E-state index contributed by atoms with van der Waals surface area (Å²) in [6.45, 7) is 9.34. The molecule has 0 N–H and O–H groups in total. The minimum Gasteiger partial charge on any atom is -0.192 e. The molecule has 0 radical (unpaired) electrons. The molecular formula is C84H96N2. The maximum Gasteiger partial charge on any atom is 0.0991 e. The van der Waals surface area contributed by atoms with Crippen LogP contribution in [0, 0.1) is 22.7 Å². The summed E-state index contributed by atoms with van der Waals surface area (Å²) in [7, 11) is 0. The van der Waals surface area contributed by atoms with Gasteiger partial charge in [-0.3, -0.25) is 0 Å². The van der Waals surface area contributed by atoms with Crippen molar-refractivity contribution in [2.75, 3.05) is 0 Å². The van der Waals surface area contributed by atoms with E-state index in [-0.39, 0.29) is 10.8 Å². The van der Waals surface area contributed by atoms with Crippen molar-refractivity contribution in [3.63, 3.8) is 0 Å². The number of nitrogens with zero attached hydrogens (tertiary/aromatic N) is 2. The first kappa shape index (κ1) is 61.8. The second kappa shape index (κ2) is 30.4. The molecule has 0 spiro atoms. The Morgan fingerprint density at radius 2 is 0.419 bits per heavy atom. The second-order valence-corrected chi connectivity index (χ2v) is 25.8. The maximum atomic E-state index is 9.46. The van der Waals surface area contributed by atoms with E-state index in [1.807, 2.05) is 24.3 Å². The fourth-order valence-electron chi connectivity index (χ4n) is 15.0. The van der Waals surface area contributed by atoms with Gasteiger partial charge in [0, 0.05) is 10.8 Å². The number of unbranched alkanes of at least 4 members (excludes halogenated alkanes) is 20. The van der Waals surface area contributed by atoms with Crippen LogP contribution in [0.5, 0.6) is 0 Å². The molecule has 2 nitrogen and oxygen atoms in total. The lowest BCUT2D eigenvalue weighted by atomic mass is 9.69. The van der Waals surface area contributed by atoms with Crippen LogP contribution < -0.4 is 0 Å². The summed E-state index contributed by atoms with van der Waals surface area (Å²) in [4.78, 5) is 0. The Kier molecular flexibility index (Phi) is 21.8. The number of rotatable bonds is 33. The lowest BCUT2D eigenvalue weighted by Crippen LogP contribution is -2.26. The largest absolute Gasteiger partial charge is 0.192 e. The topological polar surface area (TPSA) is 47.6 Å². The van der Waals surface area contributed by atoms with Crippen LogP contribution in [0.25, 0.3) is 77.9 Å². The molecule has 2 aliphatic carbocycles. The van der Waals surface area contributed by atoms with Crippen molar-refractivity contribution in [1.29, 1.82) is 10.5 Å². The van der Waals surface area contributed by atoms with E-state index in [1.165, 1.54) is 247 Å². The van der Waals surface area contributed by atoms with Crippen LogP contribution in [-0.4, -0.2) is 0 Å². The molecule has 8 aromatic carbocycles. The monoisotopic (exact) mass is 1130 g/mol. The quantitative estimate of drug-likeness (QED) is 0.0385. The van der Waals surface area contributed by atoms with Crippen LogP contribution in [-0.2, 0) is 10.8 Å². The van der Waals surface area contributed by atoms with Crippen LogP contribution in [0.2, 0.25) is 0 Å². The minimum atomic E-state index is -0.0719. The smallest absolute Gasteiger partial charge is 0.0991 e. The first-order chi connectivity index (χ1) is 42.4. The van der Waals surface area contributed by atoms with E-state index in [1.54, 1.807) is 22.3 Å². The van der Waals surface area contributed by atoms with E-state index in [4.69, 9.17) is 0 Å². The molecule has 86 heavy (non-hydrogen) atoms. The summed E-state index contributed by atoms with van der Waals surface area (Å²) in [5, 5.41) is 18.9. The standard InChI is InChI=1S/C84H96N2/c1-5-9-13-17-21-25-53-83(54-26-22-18-14-10-6-2)79-57-71(69-41-37-67(38-42-69)65-33-29-63(61-85)30-34-65)45-49-75(79)77-51-47-73(59-81(77)83)74-48-52-78-76-50-46-72(70-43-39-68(40-44-70)66-35-31-64(62-86)32-36-66)58-80(76)84(82(78)60-74,55-27-23-19-15-11-7-3)56-28-24-20-16-12-8-4/h29-52,57-60H,5-28,53-56H2,1-4H3.